The van der Waals surface area contributed by atoms with E-state index in [4.69, 9.17) is 21.3 Å². The van der Waals surface area contributed by atoms with Crippen LogP contribution < -0.4 is 5.56 Å². The van der Waals surface area contributed by atoms with Gasteiger partial charge in [-0.1, -0.05) is 54.1 Å². The van der Waals surface area contributed by atoms with Crippen molar-refractivity contribution in [3.63, 3.8) is 0 Å². The highest BCUT2D eigenvalue weighted by atomic mass is 35.5. The minimum atomic E-state index is -0.296. The topological polar surface area (TPSA) is 61.2 Å². The zero-order chi connectivity index (χ0) is 21.1. The fourth-order valence-electron chi connectivity index (χ4n) is 3.36. The summed E-state index contributed by atoms with van der Waals surface area (Å²) in [5, 5.41) is 3.18. The highest BCUT2D eigenvalue weighted by molar-refractivity contribution is 7.17. The van der Waals surface area contributed by atoms with Gasteiger partial charge in [0.2, 0.25) is 0 Å². The summed E-state index contributed by atoms with van der Waals surface area (Å²) in [5.74, 6) is 0.304. The first kappa shape index (κ1) is 20.3. The Hall–Kier alpha value is -2.96. The van der Waals surface area contributed by atoms with Crippen molar-refractivity contribution < 1.29 is 9.53 Å². The molecule has 0 fully saturated rings. The van der Waals surface area contributed by atoms with Crippen LogP contribution in [0.2, 0.25) is 5.02 Å². The van der Waals surface area contributed by atoms with Gasteiger partial charge < -0.3 is 4.74 Å². The lowest BCUT2D eigenvalue weighted by Gasteiger charge is -2.13. The van der Waals surface area contributed by atoms with Crippen LogP contribution in [0.5, 0.6) is 0 Å². The molecule has 0 atom stereocenters. The van der Waals surface area contributed by atoms with Crippen LogP contribution in [0, 0.1) is 0 Å². The van der Waals surface area contributed by atoms with Crippen LogP contribution in [-0.2, 0) is 16.1 Å². The number of thiophene rings is 1. The number of esters is 1. The molecule has 0 radical (unpaired) electrons. The fraction of sp³-hybridized carbons (Fsp3) is 0.174. The van der Waals surface area contributed by atoms with Crippen molar-refractivity contribution in [1.82, 2.24) is 9.55 Å². The number of hydrogen-bond donors (Lipinski definition) is 0. The van der Waals surface area contributed by atoms with Gasteiger partial charge in [-0.2, -0.15) is 0 Å². The number of aromatic nitrogens is 2. The molecule has 2 aromatic heterocycles. The van der Waals surface area contributed by atoms with Gasteiger partial charge >= 0.3 is 5.97 Å². The van der Waals surface area contributed by atoms with E-state index in [0.29, 0.717) is 34.0 Å². The lowest BCUT2D eigenvalue weighted by Crippen LogP contribution is -2.24. The van der Waals surface area contributed by atoms with Crippen molar-refractivity contribution in [3.05, 3.63) is 75.4 Å². The Morgan fingerprint density at radius 1 is 1.10 bits per heavy atom. The predicted molar refractivity (Wildman–Crippen MR) is 121 cm³/mol. The Kier molecular flexibility index (Phi) is 5.97. The van der Waals surface area contributed by atoms with E-state index in [2.05, 4.69) is 0 Å². The van der Waals surface area contributed by atoms with Crippen LogP contribution >= 0.6 is 22.9 Å². The Balaban J connectivity index is 1.86. The second-order valence-electron chi connectivity index (χ2n) is 6.77. The second-order valence-corrected chi connectivity index (χ2v) is 8.07. The summed E-state index contributed by atoms with van der Waals surface area (Å²) >= 11 is 7.46. The van der Waals surface area contributed by atoms with Gasteiger partial charge in [0.05, 0.1) is 12.5 Å². The number of benzene rings is 2. The number of carbonyl (C=O) groups is 1. The van der Waals surface area contributed by atoms with Crippen LogP contribution in [0.4, 0.5) is 0 Å². The molecule has 0 saturated carbocycles. The zero-order valence-electron chi connectivity index (χ0n) is 16.3. The number of halogens is 1. The van der Waals surface area contributed by atoms with Gasteiger partial charge in [0.15, 0.2) is 0 Å². The number of nitrogens with zero attached hydrogens (tertiary/aromatic N) is 2. The number of fused-ring (bicyclic) bond motifs is 1. The molecule has 0 spiro atoms. The summed E-state index contributed by atoms with van der Waals surface area (Å²) < 4.78 is 6.39. The average Bonchev–Trinajstić information content (AvgIpc) is 3.20. The van der Waals surface area contributed by atoms with Gasteiger partial charge in [0.1, 0.15) is 10.7 Å². The molecular formula is C23H19ClN2O3S. The molecule has 4 rings (SSSR count). The lowest BCUT2D eigenvalue weighted by atomic mass is 10.1. The molecule has 152 valence electrons. The van der Waals surface area contributed by atoms with Gasteiger partial charge in [-0.05, 0) is 24.1 Å². The van der Waals surface area contributed by atoms with Crippen LogP contribution in [0.3, 0.4) is 0 Å². The summed E-state index contributed by atoms with van der Waals surface area (Å²) in [7, 11) is 1.36. The van der Waals surface area contributed by atoms with Crippen LogP contribution in [-0.4, -0.2) is 22.6 Å². The summed E-state index contributed by atoms with van der Waals surface area (Å²) in [4.78, 5) is 30.6. The molecule has 0 aliphatic carbocycles. The van der Waals surface area contributed by atoms with E-state index in [0.717, 1.165) is 16.7 Å². The quantitative estimate of drug-likeness (QED) is 0.378. The SMILES string of the molecule is COC(=O)CCCn1c(-c2ccccc2)nc2scc(-c3ccc(Cl)cc3)c2c1=O. The van der Waals surface area contributed by atoms with E-state index in [1.807, 2.05) is 47.8 Å². The zero-order valence-corrected chi connectivity index (χ0v) is 17.9. The highest BCUT2D eigenvalue weighted by Crippen LogP contribution is 2.33. The van der Waals surface area contributed by atoms with Gasteiger partial charge in [-0.25, -0.2) is 4.98 Å². The van der Waals surface area contributed by atoms with Crippen molar-refractivity contribution in [2.75, 3.05) is 7.11 Å². The first-order valence-electron chi connectivity index (χ1n) is 9.48. The minimum Gasteiger partial charge on any atom is -0.469 e. The molecule has 0 N–H and O–H groups in total. The van der Waals surface area contributed by atoms with E-state index in [9.17, 15) is 9.59 Å². The Morgan fingerprint density at radius 3 is 2.53 bits per heavy atom. The predicted octanol–water partition coefficient (Wildman–Crippen LogP) is 5.40. The molecule has 7 heteroatoms. The molecule has 4 aromatic rings. The van der Waals surface area contributed by atoms with Gasteiger partial charge in [0, 0.05) is 34.5 Å². The molecule has 0 unspecified atom stereocenters. The molecular weight excluding hydrogens is 420 g/mol. The van der Waals surface area contributed by atoms with Crippen molar-refractivity contribution in [2.45, 2.75) is 19.4 Å². The van der Waals surface area contributed by atoms with Crippen LogP contribution in [0.1, 0.15) is 12.8 Å². The fourth-order valence-corrected chi connectivity index (χ4v) is 4.43. The first-order valence-corrected chi connectivity index (χ1v) is 10.7. The third-order valence-electron chi connectivity index (χ3n) is 4.87. The highest BCUT2D eigenvalue weighted by Gasteiger charge is 2.18. The molecule has 5 nitrogen and oxygen atoms in total. The number of methoxy groups -OCH3 is 1. The maximum Gasteiger partial charge on any atom is 0.305 e. The summed E-state index contributed by atoms with van der Waals surface area (Å²) in [6.45, 7) is 0.372. The second kappa shape index (κ2) is 8.81. The number of rotatable bonds is 6. The average molecular weight is 439 g/mol. The smallest absolute Gasteiger partial charge is 0.305 e. The van der Waals surface area contributed by atoms with Crippen molar-refractivity contribution >= 4 is 39.1 Å². The molecule has 0 aliphatic rings. The van der Waals surface area contributed by atoms with E-state index >= 15 is 0 Å². The summed E-state index contributed by atoms with van der Waals surface area (Å²) in [6, 6.07) is 17.0. The molecule has 0 aliphatic heterocycles. The van der Waals surface area contributed by atoms with Crippen LogP contribution in [0.25, 0.3) is 32.7 Å². The molecule has 2 heterocycles. The summed E-state index contributed by atoms with van der Waals surface area (Å²) in [5.41, 5.74) is 2.49. The van der Waals surface area contributed by atoms with E-state index < -0.39 is 0 Å². The molecule has 0 amide bonds. The third kappa shape index (κ3) is 4.01. The Labute approximate surface area is 182 Å². The van der Waals surface area contributed by atoms with Gasteiger partial charge in [0.25, 0.3) is 5.56 Å². The Morgan fingerprint density at radius 2 is 1.83 bits per heavy atom. The molecule has 30 heavy (non-hydrogen) atoms. The normalized spacial score (nSPS) is 11.0. The molecule has 0 saturated heterocycles. The minimum absolute atomic E-state index is 0.116. The maximum atomic E-state index is 13.6. The van der Waals surface area contributed by atoms with Crippen molar-refractivity contribution in [1.29, 1.82) is 0 Å². The first-order chi connectivity index (χ1) is 14.6. The van der Waals surface area contributed by atoms with Crippen LogP contribution in [0.15, 0.2) is 64.8 Å². The number of ether oxygens (including phenoxy) is 1. The lowest BCUT2D eigenvalue weighted by molar-refractivity contribution is -0.140. The molecule has 0 bridgehead atoms. The van der Waals surface area contributed by atoms with Gasteiger partial charge in [-0.3, -0.25) is 14.2 Å². The molecule has 2 aromatic carbocycles. The van der Waals surface area contributed by atoms with Crippen molar-refractivity contribution in [2.24, 2.45) is 0 Å². The largest absolute Gasteiger partial charge is 0.469 e. The van der Waals surface area contributed by atoms with E-state index in [1.54, 1.807) is 16.7 Å². The standard InChI is InChI=1S/C23H19ClN2O3S/c1-29-19(27)8-5-13-26-21(16-6-3-2-4-7-16)25-22-20(23(26)28)18(14-30-22)15-9-11-17(24)12-10-15/h2-4,6-7,9-12,14H,5,8,13H2,1H3. The number of carbonyl (C=O) groups excluding carboxylic acids is 1. The third-order valence-corrected chi connectivity index (χ3v) is 6.00. The van der Waals surface area contributed by atoms with Crippen molar-refractivity contribution in [3.8, 4) is 22.5 Å². The summed E-state index contributed by atoms with van der Waals surface area (Å²) in [6.07, 6.45) is 0.725. The Bertz CT molecular complexity index is 1250. The maximum absolute atomic E-state index is 13.6. The van der Waals surface area contributed by atoms with E-state index in [-0.39, 0.29) is 17.9 Å². The van der Waals surface area contributed by atoms with Gasteiger partial charge in [-0.15, -0.1) is 11.3 Å². The number of hydrogen-bond acceptors (Lipinski definition) is 5. The monoisotopic (exact) mass is 438 g/mol. The van der Waals surface area contributed by atoms with E-state index in [1.165, 1.54) is 18.4 Å².